The van der Waals surface area contributed by atoms with Crippen molar-refractivity contribution in [2.45, 2.75) is 32.7 Å². The number of nitrogens with one attached hydrogen (secondary N) is 1. The van der Waals surface area contributed by atoms with Crippen molar-refractivity contribution in [1.29, 1.82) is 0 Å². The number of halogens is 1. The number of carbonyl (C=O) groups is 2. The maximum atomic E-state index is 13.2. The zero-order valence-electron chi connectivity index (χ0n) is 12.2. The van der Waals surface area contributed by atoms with Crippen molar-refractivity contribution in [3.63, 3.8) is 0 Å². The second-order valence-electron chi connectivity index (χ2n) is 5.30. The van der Waals surface area contributed by atoms with Crippen LogP contribution in [0.5, 0.6) is 0 Å². The lowest BCUT2D eigenvalue weighted by Crippen LogP contribution is -2.42. The highest BCUT2D eigenvalue weighted by atomic mass is 19.1. The number of benzene rings is 1. The van der Waals surface area contributed by atoms with Crippen molar-refractivity contribution < 1.29 is 24.0 Å². The summed E-state index contributed by atoms with van der Waals surface area (Å²) in [5.41, 5.74) is -0.472. The molecule has 0 spiro atoms. The van der Waals surface area contributed by atoms with Gasteiger partial charge in [0.25, 0.3) is 0 Å². The lowest BCUT2D eigenvalue weighted by molar-refractivity contribution is -0.387. The Hall–Kier alpha value is -2.51. The van der Waals surface area contributed by atoms with Crippen LogP contribution < -0.4 is 5.32 Å². The van der Waals surface area contributed by atoms with E-state index in [4.69, 9.17) is 5.11 Å². The molecule has 0 heterocycles. The molecule has 0 unspecified atom stereocenters. The number of nitro groups is 1. The Balaban J connectivity index is 2.88. The molecule has 1 aromatic rings. The Labute approximate surface area is 126 Å². The van der Waals surface area contributed by atoms with Gasteiger partial charge in [0, 0.05) is 18.9 Å². The van der Waals surface area contributed by atoms with Crippen LogP contribution in [0.2, 0.25) is 0 Å². The molecule has 2 N–H and O–H groups in total. The Bertz CT molecular complexity index is 589. The van der Waals surface area contributed by atoms with Crippen molar-refractivity contribution >= 4 is 17.6 Å². The second-order valence-corrected chi connectivity index (χ2v) is 5.30. The molecule has 120 valence electrons. The smallest absolute Gasteiger partial charge is 0.326 e. The van der Waals surface area contributed by atoms with Crippen molar-refractivity contribution in [2.24, 2.45) is 5.92 Å². The molecule has 1 amide bonds. The predicted molar refractivity (Wildman–Crippen MR) is 75.8 cm³/mol. The third-order valence-electron chi connectivity index (χ3n) is 2.87. The molecule has 0 aliphatic carbocycles. The predicted octanol–water partition coefficient (Wildman–Crippen LogP) is 1.89. The topological polar surface area (TPSA) is 110 Å². The van der Waals surface area contributed by atoms with Crippen LogP contribution in [-0.4, -0.2) is 27.9 Å². The molecule has 0 aliphatic rings. The van der Waals surface area contributed by atoms with Crippen LogP contribution in [0.1, 0.15) is 25.8 Å². The van der Waals surface area contributed by atoms with E-state index in [0.29, 0.717) is 0 Å². The fourth-order valence-electron chi connectivity index (χ4n) is 1.88. The van der Waals surface area contributed by atoms with E-state index in [0.717, 1.165) is 12.1 Å². The first-order valence-corrected chi connectivity index (χ1v) is 6.65. The van der Waals surface area contributed by atoms with Crippen LogP contribution >= 0.6 is 0 Å². The van der Waals surface area contributed by atoms with E-state index < -0.39 is 34.3 Å². The number of nitrogens with zero attached hydrogens (tertiary/aromatic N) is 1. The van der Waals surface area contributed by atoms with E-state index in [2.05, 4.69) is 5.32 Å². The van der Waals surface area contributed by atoms with Gasteiger partial charge in [-0.3, -0.25) is 14.9 Å². The number of carboxylic acid groups (broad SMARTS) is 1. The van der Waals surface area contributed by atoms with Gasteiger partial charge in [-0.15, -0.1) is 0 Å². The van der Waals surface area contributed by atoms with E-state index in [-0.39, 0.29) is 24.3 Å². The summed E-state index contributed by atoms with van der Waals surface area (Å²) in [7, 11) is 0. The van der Waals surface area contributed by atoms with Crippen molar-refractivity contribution in [1.82, 2.24) is 5.32 Å². The molecular weight excluding hydrogens is 295 g/mol. The minimum Gasteiger partial charge on any atom is -0.480 e. The highest BCUT2D eigenvalue weighted by molar-refractivity contribution is 5.83. The normalized spacial score (nSPS) is 12.0. The van der Waals surface area contributed by atoms with Gasteiger partial charge in [0.2, 0.25) is 11.7 Å². The van der Waals surface area contributed by atoms with Crippen LogP contribution in [0.4, 0.5) is 10.1 Å². The third-order valence-corrected chi connectivity index (χ3v) is 2.87. The molecule has 1 rings (SSSR count). The van der Waals surface area contributed by atoms with Gasteiger partial charge in [0.1, 0.15) is 6.04 Å². The van der Waals surface area contributed by atoms with E-state index in [1.165, 1.54) is 6.07 Å². The maximum absolute atomic E-state index is 13.2. The van der Waals surface area contributed by atoms with E-state index in [1.54, 1.807) is 0 Å². The maximum Gasteiger partial charge on any atom is 0.326 e. The summed E-state index contributed by atoms with van der Waals surface area (Å²) >= 11 is 0. The fourth-order valence-corrected chi connectivity index (χ4v) is 1.88. The van der Waals surface area contributed by atoms with Crippen molar-refractivity contribution in [3.8, 4) is 0 Å². The molecule has 0 bridgehead atoms. The minimum atomic E-state index is -1.26. The lowest BCUT2D eigenvalue weighted by atomic mass is 10.0. The third kappa shape index (κ3) is 5.12. The van der Waals surface area contributed by atoms with Gasteiger partial charge in [-0.25, -0.2) is 4.79 Å². The summed E-state index contributed by atoms with van der Waals surface area (Å²) in [6.45, 7) is 3.64. The van der Waals surface area contributed by atoms with Crippen LogP contribution in [0, 0.1) is 21.8 Å². The molecule has 1 aromatic carbocycles. The largest absolute Gasteiger partial charge is 0.480 e. The summed E-state index contributed by atoms with van der Waals surface area (Å²) in [4.78, 5) is 32.6. The monoisotopic (exact) mass is 312 g/mol. The van der Waals surface area contributed by atoms with Gasteiger partial charge in [0.05, 0.1) is 4.92 Å². The molecule has 0 saturated carbocycles. The summed E-state index contributed by atoms with van der Waals surface area (Å²) in [5.74, 6) is -2.60. The Kier molecular flexibility index (Phi) is 5.97. The zero-order valence-corrected chi connectivity index (χ0v) is 12.2. The summed E-state index contributed by atoms with van der Waals surface area (Å²) < 4.78 is 13.2. The fraction of sp³-hybridized carbons (Fsp3) is 0.429. The second kappa shape index (κ2) is 7.48. The van der Waals surface area contributed by atoms with Crippen LogP contribution in [0.15, 0.2) is 18.2 Å². The Morgan fingerprint density at radius 2 is 2.05 bits per heavy atom. The number of nitro benzene ring substituents is 1. The van der Waals surface area contributed by atoms with Gasteiger partial charge in [-0.05, 0) is 17.5 Å². The SMILES string of the molecule is CC(C)CC(=O)N[C@@H](Cc1ccc(F)c([N+](=O)[O-])c1)C(=O)O. The molecule has 8 heteroatoms. The van der Waals surface area contributed by atoms with Crippen LogP contribution in [0.25, 0.3) is 0 Å². The first kappa shape index (κ1) is 17.5. The average Bonchev–Trinajstić information content (AvgIpc) is 2.38. The molecule has 0 aromatic heterocycles. The number of carbonyl (C=O) groups excluding carboxylic acids is 1. The molecule has 1 atom stereocenters. The molecule has 22 heavy (non-hydrogen) atoms. The number of hydrogen-bond donors (Lipinski definition) is 2. The summed E-state index contributed by atoms with van der Waals surface area (Å²) in [6.07, 6.45) is 0.00757. The summed E-state index contributed by atoms with van der Waals surface area (Å²) in [6, 6.07) is 1.91. The van der Waals surface area contributed by atoms with Crippen LogP contribution in [-0.2, 0) is 16.0 Å². The Morgan fingerprint density at radius 1 is 1.41 bits per heavy atom. The zero-order chi connectivity index (χ0) is 16.9. The lowest BCUT2D eigenvalue weighted by Gasteiger charge is -2.15. The van der Waals surface area contributed by atoms with Gasteiger partial charge in [-0.1, -0.05) is 19.9 Å². The highest BCUT2D eigenvalue weighted by Gasteiger charge is 2.22. The molecular formula is C14H17FN2O5. The van der Waals surface area contributed by atoms with E-state index in [1.807, 2.05) is 13.8 Å². The first-order valence-electron chi connectivity index (χ1n) is 6.65. The summed E-state index contributed by atoms with van der Waals surface area (Å²) in [5, 5.41) is 22.2. The first-order chi connectivity index (χ1) is 10.2. The van der Waals surface area contributed by atoms with Gasteiger partial charge < -0.3 is 10.4 Å². The van der Waals surface area contributed by atoms with Gasteiger partial charge in [0.15, 0.2) is 0 Å². The number of rotatable bonds is 7. The standard InChI is InChI=1S/C14H17FN2O5/c1-8(2)5-13(18)16-11(14(19)20)6-9-3-4-10(15)12(7-9)17(21)22/h3-4,7-8,11H,5-6H2,1-2H3,(H,16,18)(H,19,20)/t11-/m0/s1. The van der Waals surface area contributed by atoms with Crippen molar-refractivity contribution in [2.75, 3.05) is 0 Å². The minimum absolute atomic E-state index is 0.0707. The molecule has 0 radical (unpaired) electrons. The Morgan fingerprint density at radius 3 is 2.55 bits per heavy atom. The highest BCUT2D eigenvalue weighted by Crippen LogP contribution is 2.19. The number of hydrogen-bond acceptors (Lipinski definition) is 4. The van der Waals surface area contributed by atoms with Crippen LogP contribution in [0.3, 0.4) is 0 Å². The van der Waals surface area contributed by atoms with Gasteiger partial charge in [-0.2, -0.15) is 4.39 Å². The number of carboxylic acids is 1. The van der Waals surface area contributed by atoms with E-state index >= 15 is 0 Å². The van der Waals surface area contributed by atoms with E-state index in [9.17, 15) is 24.1 Å². The quantitative estimate of drug-likeness (QED) is 0.590. The molecule has 7 nitrogen and oxygen atoms in total. The number of aliphatic carboxylic acids is 1. The molecule has 0 fully saturated rings. The molecule has 0 aliphatic heterocycles. The van der Waals surface area contributed by atoms with Gasteiger partial charge >= 0.3 is 11.7 Å². The van der Waals surface area contributed by atoms with Crippen molar-refractivity contribution in [3.05, 3.63) is 39.7 Å². The average molecular weight is 312 g/mol. The molecule has 0 saturated heterocycles. The number of amides is 1.